The van der Waals surface area contributed by atoms with Gasteiger partial charge in [-0.2, -0.15) is 5.21 Å². The number of piperazine rings is 1. The number of hydrogen-bond acceptors (Lipinski definition) is 6. The SMILES string of the molecule is CCCCN(Cc1ccc(-c2ccccc2-c2nn[nH]n2)cc1)C(=O)C=Cc1ccccc1C(=O)N1CCN(C)CC1. The van der Waals surface area contributed by atoms with E-state index in [2.05, 4.69) is 63.8 Å². The molecule has 0 atom stereocenters. The molecule has 216 valence electrons. The van der Waals surface area contributed by atoms with Gasteiger partial charge in [-0.1, -0.05) is 80.1 Å². The van der Waals surface area contributed by atoms with Gasteiger partial charge in [0.2, 0.25) is 11.7 Å². The van der Waals surface area contributed by atoms with Crippen LogP contribution in [0.4, 0.5) is 0 Å². The number of amides is 2. The van der Waals surface area contributed by atoms with Gasteiger partial charge in [0.25, 0.3) is 5.91 Å². The van der Waals surface area contributed by atoms with Crippen molar-refractivity contribution < 1.29 is 9.59 Å². The minimum Gasteiger partial charge on any atom is -0.336 e. The molecular weight excluding hydrogens is 526 g/mol. The van der Waals surface area contributed by atoms with Gasteiger partial charge in [-0.3, -0.25) is 9.59 Å². The Bertz CT molecular complexity index is 1510. The molecule has 1 aliphatic rings. The summed E-state index contributed by atoms with van der Waals surface area (Å²) in [7, 11) is 2.07. The molecule has 1 saturated heterocycles. The Morgan fingerprint density at radius 3 is 2.36 bits per heavy atom. The Morgan fingerprint density at radius 1 is 0.929 bits per heavy atom. The molecule has 0 bridgehead atoms. The summed E-state index contributed by atoms with van der Waals surface area (Å²) in [5, 5.41) is 14.5. The van der Waals surface area contributed by atoms with Crippen LogP contribution in [-0.2, 0) is 11.3 Å². The molecule has 3 aromatic carbocycles. The molecule has 1 aromatic heterocycles. The summed E-state index contributed by atoms with van der Waals surface area (Å²) in [4.78, 5) is 32.7. The number of H-pyrrole nitrogens is 1. The zero-order valence-electron chi connectivity index (χ0n) is 24.2. The maximum atomic E-state index is 13.4. The van der Waals surface area contributed by atoms with Gasteiger partial charge in [-0.05, 0) is 53.1 Å². The van der Waals surface area contributed by atoms with Crippen molar-refractivity contribution in [3.05, 3.63) is 95.6 Å². The van der Waals surface area contributed by atoms with Gasteiger partial charge in [0, 0.05) is 56.5 Å². The lowest BCUT2D eigenvalue weighted by atomic mass is 9.98. The topological polar surface area (TPSA) is 98.3 Å². The Labute approximate surface area is 246 Å². The van der Waals surface area contributed by atoms with Crippen molar-refractivity contribution in [1.82, 2.24) is 35.3 Å². The Balaban J connectivity index is 1.30. The van der Waals surface area contributed by atoms with Gasteiger partial charge in [0.15, 0.2) is 0 Å². The van der Waals surface area contributed by atoms with Gasteiger partial charge in [-0.25, -0.2) is 0 Å². The zero-order valence-corrected chi connectivity index (χ0v) is 24.2. The summed E-state index contributed by atoms with van der Waals surface area (Å²) in [5.74, 6) is 0.487. The Morgan fingerprint density at radius 2 is 1.64 bits per heavy atom. The molecule has 1 N–H and O–H groups in total. The molecule has 5 rings (SSSR count). The number of tetrazole rings is 1. The average Bonchev–Trinajstić information content (AvgIpc) is 3.57. The van der Waals surface area contributed by atoms with Crippen LogP contribution in [0.3, 0.4) is 0 Å². The largest absolute Gasteiger partial charge is 0.336 e. The van der Waals surface area contributed by atoms with E-state index < -0.39 is 0 Å². The van der Waals surface area contributed by atoms with Crippen molar-refractivity contribution in [2.24, 2.45) is 0 Å². The monoisotopic (exact) mass is 563 g/mol. The molecule has 0 saturated carbocycles. The number of nitrogens with one attached hydrogen (secondary N) is 1. The fourth-order valence-electron chi connectivity index (χ4n) is 5.12. The van der Waals surface area contributed by atoms with E-state index in [1.807, 2.05) is 58.3 Å². The lowest BCUT2D eigenvalue weighted by Gasteiger charge is -2.32. The number of unbranched alkanes of at least 4 members (excludes halogenated alkanes) is 1. The maximum absolute atomic E-state index is 13.4. The summed E-state index contributed by atoms with van der Waals surface area (Å²) in [6.45, 7) is 6.41. The van der Waals surface area contributed by atoms with Crippen molar-refractivity contribution in [3.63, 3.8) is 0 Å². The van der Waals surface area contributed by atoms with Gasteiger partial charge in [0.05, 0.1) is 0 Å². The Kier molecular flexibility index (Phi) is 9.51. The first kappa shape index (κ1) is 28.9. The van der Waals surface area contributed by atoms with E-state index in [0.717, 1.165) is 53.7 Å². The number of rotatable bonds is 10. The van der Waals surface area contributed by atoms with Gasteiger partial charge in [-0.15, -0.1) is 10.2 Å². The van der Waals surface area contributed by atoms with Crippen molar-refractivity contribution in [1.29, 1.82) is 0 Å². The second-order valence-electron chi connectivity index (χ2n) is 10.6. The first-order valence-electron chi connectivity index (χ1n) is 14.5. The smallest absolute Gasteiger partial charge is 0.254 e. The third kappa shape index (κ3) is 6.98. The van der Waals surface area contributed by atoms with Crippen LogP contribution in [0, 0.1) is 0 Å². The molecule has 0 unspecified atom stereocenters. The normalized spacial score (nSPS) is 13.9. The van der Waals surface area contributed by atoms with Crippen LogP contribution < -0.4 is 0 Å². The quantitative estimate of drug-likeness (QED) is 0.279. The highest BCUT2D eigenvalue weighted by Gasteiger charge is 2.22. The van der Waals surface area contributed by atoms with Crippen LogP contribution in [0.15, 0.2) is 78.9 Å². The highest BCUT2D eigenvalue weighted by Crippen LogP contribution is 2.30. The van der Waals surface area contributed by atoms with Crippen molar-refractivity contribution >= 4 is 17.9 Å². The molecule has 42 heavy (non-hydrogen) atoms. The summed E-state index contributed by atoms with van der Waals surface area (Å²) < 4.78 is 0. The van der Waals surface area contributed by atoms with Gasteiger partial charge < -0.3 is 14.7 Å². The van der Waals surface area contributed by atoms with Crippen molar-refractivity contribution in [3.8, 4) is 22.5 Å². The Hall–Kier alpha value is -4.63. The third-order valence-electron chi connectivity index (χ3n) is 7.63. The maximum Gasteiger partial charge on any atom is 0.254 e. The van der Waals surface area contributed by atoms with E-state index in [9.17, 15) is 9.59 Å². The fourth-order valence-corrected chi connectivity index (χ4v) is 5.12. The van der Waals surface area contributed by atoms with Crippen LogP contribution in [0.25, 0.3) is 28.6 Å². The van der Waals surface area contributed by atoms with Gasteiger partial charge in [0.1, 0.15) is 0 Å². The molecule has 2 amide bonds. The highest BCUT2D eigenvalue weighted by molar-refractivity contribution is 6.00. The predicted molar refractivity (Wildman–Crippen MR) is 164 cm³/mol. The number of aromatic amines is 1. The van der Waals surface area contributed by atoms with Crippen molar-refractivity contribution in [2.75, 3.05) is 39.8 Å². The number of likely N-dealkylation sites (N-methyl/N-ethyl adjacent to an activating group) is 1. The lowest BCUT2D eigenvalue weighted by molar-refractivity contribution is -0.126. The predicted octanol–water partition coefficient (Wildman–Crippen LogP) is 4.76. The number of aromatic nitrogens is 4. The molecule has 0 spiro atoms. The third-order valence-corrected chi connectivity index (χ3v) is 7.63. The van der Waals surface area contributed by atoms with E-state index >= 15 is 0 Å². The molecular formula is C33H37N7O2. The van der Waals surface area contributed by atoms with Crippen LogP contribution in [0.2, 0.25) is 0 Å². The number of hydrogen-bond donors (Lipinski definition) is 1. The number of nitrogens with zero attached hydrogens (tertiary/aromatic N) is 6. The highest BCUT2D eigenvalue weighted by atomic mass is 16.2. The van der Waals surface area contributed by atoms with Crippen molar-refractivity contribution in [2.45, 2.75) is 26.3 Å². The minimum absolute atomic E-state index is 0.0135. The number of benzene rings is 3. The van der Waals surface area contributed by atoms with E-state index in [0.29, 0.717) is 37.6 Å². The minimum atomic E-state index is -0.0724. The number of carbonyl (C=O) groups excluding carboxylic acids is 2. The molecule has 9 heteroatoms. The van der Waals surface area contributed by atoms with Crippen LogP contribution in [0.5, 0.6) is 0 Å². The lowest BCUT2D eigenvalue weighted by Crippen LogP contribution is -2.47. The molecule has 0 aliphatic carbocycles. The fraction of sp³-hybridized carbons (Fsp3) is 0.303. The first-order valence-corrected chi connectivity index (χ1v) is 14.5. The number of carbonyl (C=O) groups is 2. The molecule has 4 aromatic rings. The molecule has 1 fully saturated rings. The average molecular weight is 564 g/mol. The second kappa shape index (κ2) is 13.8. The standard InChI is InChI=1S/C33H37N7O2/c1-3-4-19-40(24-25-13-15-27(16-14-25)28-10-7-8-12-30(28)32-34-36-37-35-32)31(41)18-17-26-9-5-6-11-29(26)33(42)39-22-20-38(2)21-23-39/h5-18H,3-4,19-24H2,1-2H3,(H,34,35,36,37). The van der Waals surface area contributed by atoms with Crippen LogP contribution >= 0.6 is 0 Å². The first-order chi connectivity index (χ1) is 20.5. The molecule has 0 radical (unpaired) electrons. The zero-order chi connectivity index (χ0) is 29.3. The van der Waals surface area contributed by atoms with Gasteiger partial charge >= 0.3 is 0 Å². The van der Waals surface area contributed by atoms with E-state index in [4.69, 9.17) is 0 Å². The van der Waals surface area contributed by atoms with E-state index in [1.165, 1.54) is 0 Å². The van der Waals surface area contributed by atoms with E-state index in [1.54, 1.807) is 12.2 Å². The summed E-state index contributed by atoms with van der Waals surface area (Å²) in [5.41, 5.74) is 5.37. The second-order valence-corrected chi connectivity index (χ2v) is 10.6. The van der Waals surface area contributed by atoms with Crippen LogP contribution in [-0.4, -0.2) is 86.9 Å². The molecule has 1 aliphatic heterocycles. The molecule has 9 nitrogen and oxygen atoms in total. The molecule has 2 heterocycles. The summed E-state index contributed by atoms with van der Waals surface area (Å²) >= 11 is 0. The van der Waals surface area contributed by atoms with Crippen LogP contribution in [0.1, 0.15) is 41.3 Å². The van der Waals surface area contributed by atoms with E-state index in [-0.39, 0.29) is 11.8 Å². The summed E-state index contributed by atoms with van der Waals surface area (Å²) in [6.07, 6.45) is 5.28. The summed E-state index contributed by atoms with van der Waals surface area (Å²) in [6, 6.07) is 23.7.